The van der Waals surface area contributed by atoms with Gasteiger partial charge in [0.1, 0.15) is 10.4 Å². The third-order valence-corrected chi connectivity index (χ3v) is 3.00. The lowest BCUT2D eigenvalue weighted by Gasteiger charge is -2.10. The fourth-order valence-corrected chi connectivity index (χ4v) is 1.97. The molecule has 1 aromatic carbocycles. The van der Waals surface area contributed by atoms with Crippen molar-refractivity contribution in [3.63, 3.8) is 0 Å². The maximum atomic E-state index is 12.1. The van der Waals surface area contributed by atoms with Gasteiger partial charge in [0.15, 0.2) is 0 Å². The molecule has 1 amide bonds. The largest absolute Gasteiger partial charge is 0.495 e. The van der Waals surface area contributed by atoms with Crippen molar-refractivity contribution in [1.29, 1.82) is 5.26 Å². The number of halogens is 1. The van der Waals surface area contributed by atoms with E-state index in [2.05, 4.69) is 26.2 Å². The summed E-state index contributed by atoms with van der Waals surface area (Å²) < 4.78 is 5.74. The minimum absolute atomic E-state index is 0.281. The summed E-state index contributed by atoms with van der Waals surface area (Å²) in [6.45, 7) is 0. The zero-order chi connectivity index (χ0) is 14.5. The molecule has 2 aromatic rings. The molecular weight excluding hydrogens is 322 g/mol. The van der Waals surface area contributed by atoms with Crippen molar-refractivity contribution in [3.05, 3.63) is 52.3 Å². The highest BCUT2D eigenvalue weighted by atomic mass is 79.9. The SMILES string of the molecule is COc1cc(C#N)ccc1NC(=O)c1ccnc(Br)c1. The zero-order valence-corrected chi connectivity index (χ0v) is 12.1. The van der Waals surface area contributed by atoms with Crippen LogP contribution >= 0.6 is 15.9 Å². The van der Waals surface area contributed by atoms with E-state index in [0.29, 0.717) is 27.2 Å². The van der Waals surface area contributed by atoms with Crippen molar-refractivity contribution in [2.45, 2.75) is 0 Å². The van der Waals surface area contributed by atoms with E-state index in [1.54, 1.807) is 30.3 Å². The molecule has 0 radical (unpaired) electrons. The number of nitrogens with zero attached hydrogens (tertiary/aromatic N) is 2. The number of amides is 1. The Bertz CT molecular complexity index is 695. The Morgan fingerprint density at radius 2 is 2.20 bits per heavy atom. The molecule has 0 saturated carbocycles. The lowest BCUT2D eigenvalue weighted by Crippen LogP contribution is -2.12. The van der Waals surface area contributed by atoms with E-state index in [1.165, 1.54) is 13.3 Å². The molecule has 1 N–H and O–H groups in total. The minimum Gasteiger partial charge on any atom is -0.495 e. The number of nitrogens with one attached hydrogen (secondary N) is 1. The van der Waals surface area contributed by atoms with Crippen molar-refractivity contribution < 1.29 is 9.53 Å². The monoisotopic (exact) mass is 331 g/mol. The van der Waals surface area contributed by atoms with Gasteiger partial charge in [-0.05, 0) is 40.2 Å². The number of rotatable bonds is 3. The second-order valence-electron chi connectivity index (χ2n) is 3.85. The van der Waals surface area contributed by atoms with Gasteiger partial charge in [-0.15, -0.1) is 0 Å². The van der Waals surface area contributed by atoms with Crippen LogP contribution in [0, 0.1) is 11.3 Å². The molecule has 0 aliphatic carbocycles. The first-order valence-electron chi connectivity index (χ1n) is 5.65. The van der Waals surface area contributed by atoms with Gasteiger partial charge in [-0.1, -0.05) is 0 Å². The van der Waals surface area contributed by atoms with E-state index in [1.807, 2.05) is 6.07 Å². The van der Waals surface area contributed by atoms with Crippen LogP contribution < -0.4 is 10.1 Å². The number of hydrogen-bond acceptors (Lipinski definition) is 4. The van der Waals surface area contributed by atoms with Crippen LogP contribution in [0.2, 0.25) is 0 Å². The molecule has 0 fully saturated rings. The number of aromatic nitrogens is 1. The summed E-state index contributed by atoms with van der Waals surface area (Å²) in [6, 6.07) is 10.0. The topological polar surface area (TPSA) is 75.0 Å². The molecule has 100 valence electrons. The Labute approximate surface area is 124 Å². The third-order valence-electron chi connectivity index (χ3n) is 2.57. The Hall–Kier alpha value is -2.39. The molecule has 20 heavy (non-hydrogen) atoms. The van der Waals surface area contributed by atoms with E-state index >= 15 is 0 Å². The number of ether oxygens (including phenoxy) is 1. The summed E-state index contributed by atoms with van der Waals surface area (Å²) in [6.07, 6.45) is 1.54. The van der Waals surface area contributed by atoms with Crippen LogP contribution in [0.4, 0.5) is 5.69 Å². The number of anilines is 1. The highest BCUT2D eigenvalue weighted by Crippen LogP contribution is 2.26. The molecule has 5 nitrogen and oxygen atoms in total. The van der Waals surface area contributed by atoms with E-state index in [4.69, 9.17) is 10.00 Å². The number of benzene rings is 1. The second kappa shape index (κ2) is 6.17. The summed E-state index contributed by atoms with van der Waals surface area (Å²) in [5.41, 5.74) is 1.44. The Morgan fingerprint density at radius 1 is 1.40 bits per heavy atom. The predicted octanol–water partition coefficient (Wildman–Crippen LogP) is 2.98. The predicted molar refractivity (Wildman–Crippen MR) is 77.6 cm³/mol. The Kier molecular flexibility index (Phi) is 4.33. The Balaban J connectivity index is 2.26. The van der Waals surface area contributed by atoms with Gasteiger partial charge in [0.2, 0.25) is 0 Å². The van der Waals surface area contributed by atoms with Crippen LogP contribution in [0.25, 0.3) is 0 Å². The first-order valence-corrected chi connectivity index (χ1v) is 6.44. The van der Waals surface area contributed by atoms with Gasteiger partial charge < -0.3 is 10.1 Å². The van der Waals surface area contributed by atoms with E-state index < -0.39 is 0 Å². The molecule has 1 aromatic heterocycles. The van der Waals surface area contributed by atoms with E-state index in [-0.39, 0.29) is 5.91 Å². The van der Waals surface area contributed by atoms with Crippen LogP contribution in [-0.4, -0.2) is 18.0 Å². The van der Waals surface area contributed by atoms with Gasteiger partial charge in [-0.2, -0.15) is 5.26 Å². The van der Waals surface area contributed by atoms with Crippen molar-refractivity contribution in [1.82, 2.24) is 4.98 Å². The standard InChI is InChI=1S/C14H10BrN3O2/c1-20-12-6-9(8-16)2-3-11(12)18-14(19)10-4-5-17-13(15)7-10/h2-7H,1H3,(H,18,19). The average molecular weight is 332 g/mol. The average Bonchev–Trinajstić information content (AvgIpc) is 2.47. The maximum Gasteiger partial charge on any atom is 0.255 e. The van der Waals surface area contributed by atoms with Crippen molar-refractivity contribution in [3.8, 4) is 11.8 Å². The fourth-order valence-electron chi connectivity index (χ4n) is 1.60. The summed E-state index contributed by atoms with van der Waals surface area (Å²) in [5.74, 6) is 0.154. The molecular formula is C14H10BrN3O2. The van der Waals surface area contributed by atoms with Crippen LogP contribution in [0.5, 0.6) is 5.75 Å². The van der Waals surface area contributed by atoms with E-state index in [9.17, 15) is 4.79 Å². The summed E-state index contributed by atoms with van der Waals surface area (Å²) in [5, 5.41) is 11.6. The first-order chi connectivity index (χ1) is 9.63. The van der Waals surface area contributed by atoms with Gasteiger partial charge in [0, 0.05) is 17.8 Å². The van der Waals surface area contributed by atoms with Gasteiger partial charge >= 0.3 is 0 Å². The number of hydrogen-bond donors (Lipinski definition) is 1. The highest BCUT2D eigenvalue weighted by molar-refractivity contribution is 9.10. The molecule has 6 heteroatoms. The fraction of sp³-hybridized carbons (Fsp3) is 0.0714. The van der Waals surface area contributed by atoms with Crippen LogP contribution in [0.3, 0.4) is 0 Å². The smallest absolute Gasteiger partial charge is 0.255 e. The van der Waals surface area contributed by atoms with E-state index in [0.717, 1.165) is 0 Å². The highest BCUT2D eigenvalue weighted by Gasteiger charge is 2.11. The minimum atomic E-state index is -0.281. The molecule has 0 atom stereocenters. The van der Waals surface area contributed by atoms with Gasteiger partial charge in [0.05, 0.1) is 24.4 Å². The van der Waals surface area contributed by atoms with Gasteiger partial charge in [0.25, 0.3) is 5.91 Å². The summed E-state index contributed by atoms with van der Waals surface area (Å²) in [4.78, 5) is 16.1. The Morgan fingerprint density at radius 3 is 2.85 bits per heavy atom. The lowest BCUT2D eigenvalue weighted by atomic mass is 10.2. The van der Waals surface area contributed by atoms with Crippen LogP contribution in [0.15, 0.2) is 41.1 Å². The van der Waals surface area contributed by atoms with Gasteiger partial charge in [-0.3, -0.25) is 4.79 Å². The van der Waals surface area contributed by atoms with Crippen LogP contribution in [0.1, 0.15) is 15.9 Å². The quantitative estimate of drug-likeness (QED) is 0.877. The molecule has 0 aliphatic rings. The molecule has 2 rings (SSSR count). The molecule has 0 bridgehead atoms. The lowest BCUT2D eigenvalue weighted by molar-refractivity contribution is 0.102. The molecule has 1 heterocycles. The molecule has 0 spiro atoms. The van der Waals surface area contributed by atoms with Crippen molar-refractivity contribution in [2.24, 2.45) is 0 Å². The summed E-state index contributed by atoms with van der Waals surface area (Å²) >= 11 is 3.21. The van der Waals surface area contributed by atoms with Crippen molar-refractivity contribution >= 4 is 27.5 Å². The molecule has 0 unspecified atom stereocenters. The maximum absolute atomic E-state index is 12.1. The first kappa shape index (κ1) is 14.0. The number of carbonyl (C=O) groups is 1. The van der Waals surface area contributed by atoms with Crippen molar-refractivity contribution in [2.75, 3.05) is 12.4 Å². The number of carbonyl (C=O) groups excluding carboxylic acids is 1. The second-order valence-corrected chi connectivity index (χ2v) is 4.66. The number of nitriles is 1. The number of pyridine rings is 1. The summed E-state index contributed by atoms with van der Waals surface area (Å²) in [7, 11) is 1.48. The normalized spacial score (nSPS) is 9.65. The molecule has 0 saturated heterocycles. The molecule has 0 aliphatic heterocycles. The van der Waals surface area contributed by atoms with Gasteiger partial charge in [-0.25, -0.2) is 4.98 Å². The van der Waals surface area contributed by atoms with Crippen LogP contribution in [-0.2, 0) is 0 Å². The third kappa shape index (κ3) is 3.13. The number of methoxy groups -OCH3 is 1. The zero-order valence-electron chi connectivity index (χ0n) is 10.6.